The van der Waals surface area contributed by atoms with Crippen LogP contribution in [-0.4, -0.2) is 51.7 Å². The summed E-state index contributed by atoms with van der Waals surface area (Å²) in [6, 6.07) is 27.7. The monoisotopic (exact) mass is 434 g/mol. The molecule has 0 N–H and O–H groups in total. The first-order chi connectivity index (χ1) is 16.2. The molecule has 0 saturated carbocycles. The zero-order valence-electron chi connectivity index (χ0n) is 18.7. The molecule has 0 radical (unpaired) electrons. The lowest BCUT2D eigenvalue weighted by Gasteiger charge is -2.38. The molecule has 1 aromatic heterocycles. The molecule has 1 saturated heterocycles. The van der Waals surface area contributed by atoms with Crippen molar-refractivity contribution in [2.75, 3.05) is 26.2 Å². The van der Waals surface area contributed by atoms with Crippen molar-refractivity contribution in [3.63, 3.8) is 0 Å². The minimum absolute atomic E-state index is 0.0709. The van der Waals surface area contributed by atoms with Gasteiger partial charge in [0.25, 0.3) is 5.91 Å². The predicted molar refractivity (Wildman–Crippen MR) is 129 cm³/mol. The lowest BCUT2D eigenvalue weighted by atomic mass is 10.0. The van der Waals surface area contributed by atoms with Gasteiger partial charge in [0.2, 0.25) is 0 Å². The summed E-state index contributed by atoms with van der Waals surface area (Å²) < 4.78 is 1.84. The molecule has 33 heavy (non-hydrogen) atoms. The smallest absolute Gasteiger partial charge is 0.257 e. The van der Waals surface area contributed by atoms with Crippen LogP contribution in [0.25, 0.3) is 16.8 Å². The Morgan fingerprint density at radius 1 is 0.788 bits per heavy atom. The van der Waals surface area contributed by atoms with E-state index in [2.05, 4.69) is 58.5 Å². The van der Waals surface area contributed by atoms with E-state index in [9.17, 15) is 4.79 Å². The van der Waals surface area contributed by atoms with E-state index in [1.165, 1.54) is 22.3 Å². The normalized spacial score (nSPS) is 16.0. The van der Waals surface area contributed by atoms with Gasteiger partial charge in [-0.25, -0.2) is 4.68 Å². The Balaban J connectivity index is 1.21. The van der Waals surface area contributed by atoms with Crippen LogP contribution in [0, 0.1) is 6.92 Å². The van der Waals surface area contributed by atoms with Gasteiger partial charge in [-0.1, -0.05) is 66.7 Å². The van der Waals surface area contributed by atoms with Gasteiger partial charge in [0.05, 0.1) is 29.2 Å². The second-order valence-electron chi connectivity index (χ2n) is 8.80. The van der Waals surface area contributed by atoms with Gasteiger partial charge in [-0.05, 0) is 41.3 Å². The largest absolute Gasteiger partial charge is 0.336 e. The van der Waals surface area contributed by atoms with Gasteiger partial charge in [0.1, 0.15) is 0 Å². The van der Waals surface area contributed by atoms with Gasteiger partial charge in [-0.15, -0.1) is 0 Å². The number of carbonyl (C=O) groups is 1. The average Bonchev–Trinajstić information content (AvgIpc) is 3.42. The van der Waals surface area contributed by atoms with Crippen molar-refractivity contribution in [3.05, 3.63) is 107 Å². The van der Waals surface area contributed by atoms with Crippen molar-refractivity contribution in [2.45, 2.75) is 13.0 Å². The highest BCUT2D eigenvalue weighted by molar-refractivity contribution is 5.95. The molecule has 1 amide bonds. The standard InChI is InChI=1S/C28H26N4O/c1-20-26(19-29-32(20)21-9-3-2-4-10-21)28(33)31-17-15-30(16-18-31)27-24-13-7-5-11-22(24)23-12-6-8-14-25(23)27/h2-14,19,27H,15-18H2,1H3. The summed E-state index contributed by atoms with van der Waals surface area (Å²) in [5.74, 6) is 0.0709. The van der Waals surface area contributed by atoms with Crippen molar-refractivity contribution in [3.8, 4) is 16.8 Å². The maximum atomic E-state index is 13.3. The number of hydrogen-bond acceptors (Lipinski definition) is 3. The highest BCUT2D eigenvalue weighted by Gasteiger charge is 2.35. The van der Waals surface area contributed by atoms with Crippen LogP contribution in [-0.2, 0) is 0 Å². The molecular weight excluding hydrogens is 408 g/mol. The molecule has 5 nitrogen and oxygen atoms in total. The zero-order valence-corrected chi connectivity index (χ0v) is 18.7. The number of para-hydroxylation sites is 1. The van der Waals surface area contributed by atoms with Crippen LogP contribution in [0.3, 0.4) is 0 Å². The minimum atomic E-state index is 0.0709. The number of hydrogen-bond donors (Lipinski definition) is 0. The first kappa shape index (κ1) is 19.9. The number of carbonyl (C=O) groups excluding carboxylic acids is 1. The molecular formula is C28H26N4O. The summed E-state index contributed by atoms with van der Waals surface area (Å²) in [5.41, 5.74) is 7.95. The number of aromatic nitrogens is 2. The lowest BCUT2D eigenvalue weighted by Crippen LogP contribution is -2.49. The topological polar surface area (TPSA) is 41.4 Å². The Bertz CT molecular complexity index is 1270. The fourth-order valence-corrected chi connectivity index (χ4v) is 5.33. The van der Waals surface area contributed by atoms with Crippen LogP contribution < -0.4 is 0 Å². The van der Waals surface area contributed by atoms with Crippen LogP contribution >= 0.6 is 0 Å². The third-order valence-electron chi connectivity index (χ3n) is 7.01. The van der Waals surface area contributed by atoms with Gasteiger partial charge >= 0.3 is 0 Å². The van der Waals surface area contributed by atoms with Crippen LogP contribution in [0.1, 0.15) is 33.2 Å². The summed E-state index contributed by atoms with van der Waals surface area (Å²) in [5, 5.41) is 4.49. The van der Waals surface area contributed by atoms with E-state index in [1.807, 2.05) is 46.8 Å². The third kappa shape index (κ3) is 3.28. The lowest BCUT2D eigenvalue weighted by molar-refractivity contribution is 0.0599. The van der Waals surface area contributed by atoms with E-state index in [-0.39, 0.29) is 11.9 Å². The van der Waals surface area contributed by atoms with Crippen molar-refractivity contribution in [2.24, 2.45) is 0 Å². The fraction of sp³-hybridized carbons (Fsp3) is 0.214. The van der Waals surface area contributed by atoms with Crippen molar-refractivity contribution in [1.29, 1.82) is 0 Å². The number of rotatable bonds is 3. The SMILES string of the molecule is Cc1c(C(=O)N2CCN(C3c4ccccc4-c4ccccc43)CC2)cnn1-c1ccccc1. The second-order valence-corrected chi connectivity index (χ2v) is 8.80. The Hall–Kier alpha value is -3.70. The molecule has 2 heterocycles. The summed E-state index contributed by atoms with van der Waals surface area (Å²) in [4.78, 5) is 17.8. The molecule has 1 aliphatic heterocycles. The van der Waals surface area contributed by atoms with E-state index in [0.717, 1.165) is 37.6 Å². The Morgan fingerprint density at radius 2 is 1.36 bits per heavy atom. The molecule has 1 aliphatic carbocycles. The molecule has 0 unspecified atom stereocenters. The van der Waals surface area contributed by atoms with E-state index < -0.39 is 0 Å². The van der Waals surface area contributed by atoms with Gasteiger partial charge in [-0.2, -0.15) is 5.10 Å². The Kier molecular flexibility index (Phi) is 4.84. The molecule has 164 valence electrons. The van der Waals surface area contributed by atoms with E-state index >= 15 is 0 Å². The maximum absolute atomic E-state index is 13.3. The Morgan fingerprint density at radius 3 is 2.00 bits per heavy atom. The van der Waals surface area contributed by atoms with E-state index in [1.54, 1.807) is 6.20 Å². The molecule has 0 bridgehead atoms. The van der Waals surface area contributed by atoms with Gasteiger partial charge in [-0.3, -0.25) is 9.69 Å². The molecule has 2 aliphatic rings. The van der Waals surface area contributed by atoms with Gasteiger partial charge in [0.15, 0.2) is 0 Å². The van der Waals surface area contributed by atoms with E-state index in [0.29, 0.717) is 5.56 Å². The first-order valence-electron chi connectivity index (χ1n) is 11.5. The van der Waals surface area contributed by atoms with Crippen molar-refractivity contribution < 1.29 is 4.79 Å². The maximum Gasteiger partial charge on any atom is 0.257 e. The fourth-order valence-electron chi connectivity index (χ4n) is 5.33. The minimum Gasteiger partial charge on any atom is -0.336 e. The van der Waals surface area contributed by atoms with Gasteiger partial charge in [0, 0.05) is 26.2 Å². The average molecular weight is 435 g/mol. The van der Waals surface area contributed by atoms with Crippen molar-refractivity contribution >= 4 is 5.91 Å². The molecule has 0 atom stereocenters. The summed E-state index contributed by atoms with van der Waals surface area (Å²) >= 11 is 0. The molecule has 1 fully saturated rings. The van der Waals surface area contributed by atoms with Crippen LogP contribution in [0.5, 0.6) is 0 Å². The third-order valence-corrected chi connectivity index (χ3v) is 7.01. The molecule has 0 spiro atoms. The van der Waals surface area contributed by atoms with E-state index in [4.69, 9.17) is 0 Å². The molecule has 4 aromatic rings. The van der Waals surface area contributed by atoms with Crippen LogP contribution in [0.2, 0.25) is 0 Å². The highest BCUT2D eigenvalue weighted by atomic mass is 16.2. The summed E-state index contributed by atoms with van der Waals surface area (Å²) in [7, 11) is 0. The quantitative estimate of drug-likeness (QED) is 0.469. The molecule has 5 heteroatoms. The summed E-state index contributed by atoms with van der Waals surface area (Å²) in [6.45, 7) is 5.11. The molecule has 3 aromatic carbocycles. The zero-order chi connectivity index (χ0) is 22.4. The number of nitrogens with zero attached hydrogens (tertiary/aromatic N) is 4. The van der Waals surface area contributed by atoms with Crippen LogP contribution in [0.4, 0.5) is 0 Å². The highest BCUT2D eigenvalue weighted by Crippen LogP contribution is 2.46. The predicted octanol–water partition coefficient (Wildman–Crippen LogP) is 4.71. The number of fused-ring (bicyclic) bond motifs is 3. The number of amides is 1. The van der Waals surface area contributed by atoms with Gasteiger partial charge < -0.3 is 4.90 Å². The number of piperazine rings is 1. The summed E-state index contributed by atoms with van der Waals surface area (Å²) in [6.07, 6.45) is 1.71. The van der Waals surface area contributed by atoms with Crippen LogP contribution in [0.15, 0.2) is 85.1 Å². The Labute approximate surface area is 193 Å². The second kappa shape index (κ2) is 8.01. The first-order valence-corrected chi connectivity index (χ1v) is 11.5. The van der Waals surface area contributed by atoms with Crippen molar-refractivity contribution in [1.82, 2.24) is 19.6 Å². The molecule has 6 rings (SSSR count). The number of benzene rings is 3.